The molecule has 0 bridgehead atoms. The second-order valence-electron chi connectivity index (χ2n) is 5.76. The third kappa shape index (κ3) is 6.57. The van der Waals surface area contributed by atoms with Crippen molar-refractivity contribution in [2.75, 3.05) is 5.75 Å². The van der Waals surface area contributed by atoms with Gasteiger partial charge in [-0.1, -0.05) is 31.4 Å². The summed E-state index contributed by atoms with van der Waals surface area (Å²) in [6.45, 7) is 2.24. The first kappa shape index (κ1) is 18.4. The van der Waals surface area contributed by atoms with E-state index in [0.29, 0.717) is 27.8 Å². The van der Waals surface area contributed by atoms with Crippen LogP contribution in [0.2, 0.25) is 5.02 Å². The van der Waals surface area contributed by atoms with Crippen molar-refractivity contribution in [1.29, 1.82) is 0 Å². The number of hydrogen-bond acceptors (Lipinski definition) is 3. The number of thioether (sulfide) groups is 1. The minimum absolute atomic E-state index is 0.120. The number of thiocarbonyl (C=S) groups is 1. The molecule has 126 valence electrons. The van der Waals surface area contributed by atoms with Gasteiger partial charge in [0.1, 0.15) is 0 Å². The van der Waals surface area contributed by atoms with Crippen molar-refractivity contribution < 1.29 is 4.79 Å². The Morgan fingerprint density at radius 3 is 2.65 bits per heavy atom. The van der Waals surface area contributed by atoms with E-state index in [1.807, 2.05) is 24.3 Å². The number of halogens is 1. The Bertz CT molecular complexity index is 539. The summed E-state index contributed by atoms with van der Waals surface area (Å²) in [7, 11) is 0. The van der Waals surface area contributed by atoms with Gasteiger partial charge >= 0.3 is 0 Å². The number of rotatable bonds is 4. The number of nitrogens with one attached hydrogen (secondary N) is 3. The van der Waals surface area contributed by atoms with E-state index in [1.165, 1.54) is 31.0 Å². The number of benzene rings is 1. The normalized spacial score (nSPS) is 20.6. The van der Waals surface area contributed by atoms with Crippen LogP contribution in [0.3, 0.4) is 0 Å². The van der Waals surface area contributed by atoms with Crippen LogP contribution in [0, 0.1) is 5.92 Å². The lowest BCUT2D eigenvalue weighted by atomic mass is 9.86. The van der Waals surface area contributed by atoms with Crippen molar-refractivity contribution in [2.45, 2.75) is 43.5 Å². The van der Waals surface area contributed by atoms with Gasteiger partial charge in [-0.25, -0.2) is 0 Å². The lowest BCUT2D eigenvalue weighted by Crippen LogP contribution is -2.52. The number of hydrazine groups is 1. The van der Waals surface area contributed by atoms with Crippen LogP contribution in [0.5, 0.6) is 0 Å². The summed E-state index contributed by atoms with van der Waals surface area (Å²) < 4.78 is 0. The van der Waals surface area contributed by atoms with Gasteiger partial charge in [-0.05, 0) is 55.2 Å². The molecule has 0 spiro atoms. The van der Waals surface area contributed by atoms with E-state index in [9.17, 15) is 4.79 Å². The first-order valence-electron chi connectivity index (χ1n) is 7.78. The fraction of sp³-hybridized carbons (Fsp3) is 0.500. The topological polar surface area (TPSA) is 53.2 Å². The molecule has 0 aromatic heterocycles. The predicted octanol–water partition coefficient (Wildman–Crippen LogP) is 3.51. The molecule has 0 aliphatic heterocycles. The van der Waals surface area contributed by atoms with E-state index in [4.69, 9.17) is 23.8 Å². The molecule has 0 radical (unpaired) electrons. The molecule has 2 rings (SSSR count). The molecule has 23 heavy (non-hydrogen) atoms. The Labute approximate surface area is 152 Å². The zero-order valence-corrected chi connectivity index (χ0v) is 15.5. The summed E-state index contributed by atoms with van der Waals surface area (Å²) in [5.74, 6) is 0.808. The maximum atomic E-state index is 11.8. The molecule has 0 heterocycles. The van der Waals surface area contributed by atoms with Gasteiger partial charge in [0.05, 0.1) is 5.75 Å². The van der Waals surface area contributed by atoms with Gasteiger partial charge in [0, 0.05) is 16.0 Å². The van der Waals surface area contributed by atoms with E-state index >= 15 is 0 Å². The highest BCUT2D eigenvalue weighted by atomic mass is 35.5. The Hall–Kier alpha value is -0.980. The zero-order valence-electron chi connectivity index (χ0n) is 13.1. The summed E-state index contributed by atoms with van der Waals surface area (Å²) >= 11 is 12.5. The summed E-state index contributed by atoms with van der Waals surface area (Å²) in [6, 6.07) is 7.80. The van der Waals surface area contributed by atoms with Crippen molar-refractivity contribution >= 4 is 46.6 Å². The lowest BCUT2D eigenvalue weighted by Gasteiger charge is -2.30. The zero-order chi connectivity index (χ0) is 16.7. The monoisotopic (exact) mass is 371 g/mol. The van der Waals surface area contributed by atoms with E-state index in [2.05, 4.69) is 23.1 Å². The van der Waals surface area contributed by atoms with Crippen LogP contribution in [0.25, 0.3) is 0 Å². The summed E-state index contributed by atoms with van der Waals surface area (Å²) in [5.41, 5.74) is 5.41. The molecule has 1 amide bonds. The molecular formula is C16H22ClN3OS2. The molecular weight excluding hydrogens is 350 g/mol. The van der Waals surface area contributed by atoms with Gasteiger partial charge < -0.3 is 5.32 Å². The van der Waals surface area contributed by atoms with Crippen molar-refractivity contribution in [3.63, 3.8) is 0 Å². The first-order valence-corrected chi connectivity index (χ1v) is 9.55. The Balaban J connectivity index is 1.65. The SMILES string of the molecule is C[C@H]1CCCC[C@@H]1NC(=S)NNC(=O)CSc1ccc(Cl)cc1. The molecule has 1 saturated carbocycles. The number of hydrogen-bond donors (Lipinski definition) is 3. The van der Waals surface area contributed by atoms with Crippen molar-refractivity contribution in [3.05, 3.63) is 29.3 Å². The third-order valence-corrected chi connectivity index (χ3v) is 5.41. The fourth-order valence-electron chi connectivity index (χ4n) is 2.58. The maximum absolute atomic E-state index is 11.8. The molecule has 3 N–H and O–H groups in total. The van der Waals surface area contributed by atoms with Gasteiger partial charge in [0.2, 0.25) is 5.91 Å². The molecule has 1 aromatic carbocycles. The van der Waals surface area contributed by atoms with Gasteiger partial charge in [-0.2, -0.15) is 0 Å². The largest absolute Gasteiger partial charge is 0.358 e. The Kier molecular flexibility index (Phi) is 7.46. The highest BCUT2D eigenvalue weighted by Gasteiger charge is 2.21. The van der Waals surface area contributed by atoms with Crippen LogP contribution < -0.4 is 16.2 Å². The molecule has 7 heteroatoms. The Morgan fingerprint density at radius 1 is 1.26 bits per heavy atom. The second kappa shape index (κ2) is 9.35. The summed E-state index contributed by atoms with van der Waals surface area (Å²) in [4.78, 5) is 12.8. The molecule has 0 unspecified atom stereocenters. The number of amides is 1. The second-order valence-corrected chi connectivity index (χ2v) is 7.65. The molecule has 2 atom stereocenters. The standard InChI is InChI=1S/C16H22ClN3OS2/c1-11-4-2-3-5-14(11)18-16(22)20-19-15(21)10-23-13-8-6-12(17)7-9-13/h6-9,11,14H,2-5,10H2,1H3,(H,19,21)(H2,18,20,22)/t11-,14-/m0/s1. The smallest absolute Gasteiger partial charge is 0.248 e. The first-order chi connectivity index (χ1) is 11.0. The summed E-state index contributed by atoms with van der Waals surface area (Å²) in [5, 5.41) is 4.46. The van der Waals surface area contributed by atoms with Crippen LogP contribution in [-0.4, -0.2) is 22.8 Å². The third-order valence-electron chi connectivity index (χ3n) is 3.93. The highest BCUT2D eigenvalue weighted by Crippen LogP contribution is 2.23. The number of carbonyl (C=O) groups is 1. The van der Waals surface area contributed by atoms with E-state index in [1.54, 1.807) is 0 Å². The van der Waals surface area contributed by atoms with Gasteiger partial charge in [0.15, 0.2) is 5.11 Å². The van der Waals surface area contributed by atoms with E-state index in [0.717, 1.165) is 11.3 Å². The highest BCUT2D eigenvalue weighted by molar-refractivity contribution is 8.00. The van der Waals surface area contributed by atoms with Crippen LogP contribution in [-0.2, 0) is 4.79 Å². The molecule has 4 nitrogen and oxygen atoms in total. The van der Waals surface area contributed by atoms with Crippen molar-refractivity contribution in [3.8, 4) is 0 Å². The molecule has 0 saturated heterocycles. The van der Waals surface area contributed by atoms with E-state index in [-0.39, 0.29) is 5.91 Å². The quantitative estimate of drug-likeness (QED) is 0.429. The average Bonchev–Trinajstić information content (AvgIpc) is 2.54. The van der Waals surface area contributed by atoms with Crippen molar-refractivity contribution in [2.24, 2.45) is 5.92 Å². The minimum Gasteiger partial charge on any atom is -0.358 e. The van der Waals surface area contributed by atoms with Crippen LogP contribution in [0.1, 0.15) is 32.6 Å². The maximum Gasteiger partial charge on any atom is 0.248 e. The predicted molar refractivity (Wildman–Crippen MR) is 101 cm³/mol. The summed E-state index contributed by atoms with van der Waals surface area (Å²) in [6.07, 6.45) is 4.88. The minimum atomic E-state index is -0.120. The lowest BCUT2D eigenvalue weighted by molar-refractivity contribution is -0.119. The van der Waals surface area contributed by atoms with E-state index < -0.39 is 0 Å². The van der Waals surface area contributed by atoms with Gasteiger partial charge in [-0.3, -0.25) is 15.6 Å². The number of carbonyl (C=O) groups excluding carboxylic acids is 1. The Morgan fingerprint density at radius 2 is 1.96 bits per heavy atom. The van der Waals surface area contributed by atoms with Crippen LogP contribution >= 0.6 is 35.6 Å². The van der Waals surface area contributed by atoms with Crippen molar-refractivity contribution in [1.82, 2.24) is 16.2 Å². The van der Waals surface area contributed by atoms with Crippen LogP contribution in [0.15, 0.2) is 29.2 Å². The average molecular weight is 372 g/mol. The van der Waals surface area contributed by atoms with Gasteiger partial charge in [0.25, 0.3) is 0 Å². The van der Waals surface area contributed by atoms with Gasteiger partial charge in [-0.15, -0.1) is 11.8 Å². The molecule has 1 aliphatic rings. The molecule has 1 aromatic rings. The molecule has 1 fully saturated rings. The fourth-order valence-corrected chi connectivity index (χ4v) is 3.60. The molecule has 1 aliphatic carbocycles. The van der Waals surface area contributed by atoms with Crippen LogP contribution in [0.4, 0.5) is 0 Å².